The quantitative estimate of drug-likeness (QED) is 0.828. The van der Waals surface area contributed by atoms with Gasteiger partial charge in [-0.25, -0.2) is 4.79 Å². The summed E-state index contributed by atoms with van der Waals surface area (Å²) in [6, 6.07) is -0.408. The fraction of sp³-hybridized carbons (Fsp3) is 0.875. The van der Waals surface area contributed by atoms with Crippen molar-refractivity contribution >= 4 is 12.0 Å². The highest BCUT2D eigenvalue weighted by atomic mass is 16.6. The second-order valence-electron chi connectivity index (χ2n) is 7.08. The zero-order valence-electron chi connectivity index (χ0n) is 14.5. The van der Waals surface area contributed by atoms with Gasteiger partial charge >= 0.3 is 6.09 Å². The molecule has 0 radical (unpaired) electrons. The number of carbonyl (C=O) groups excluding carboxylic acids is 2. The molecule has 0 saturated carbocycles. The van der Waals surface area contributed by atoms with E-state index in [-0.39, 0.29) is 5.91 Å². The second-order valence-corrected chi connectivity index (χ2v) is 7.08. The van der Waals surface area contributed by atoms with Crippen molar-refractivity contribution in [2.24, 2.45) is 0 Å². The Hall–Kier alpha value is -1.34. The molecule has 0 aromatic rings. The number of hydrogen-bond donors (Lipinski definition) is 1. The Kier molecular flexibility index (Phi) is 6.24. The standard InChI is InChI=1S/C16H29N3O4/c1-16(2,3)23-15(21)19-7-4-5-13(19)14(20)17-6-8-18-9-11-22-12-10-18/h13H,4-12H2,1-3H3,(H,17,20). The minimum atomic E-state index is -0.545. The molecule has 1 atom stereocenters. The third kappa shape index (κ3) is 5.66. The van der Waals surface area contributed by atoms with E-state index in [0.29, 0.717) is 19.5 Å². The maximum atomic E-state index is 12.4. The maximum Gasteiger partial charge on any atom is 0.410 e. The van der Waals surface area contributed by atoms with Crippen molar-refractivity contribution in [3.8, 4) is 0 Å². The lowest BCUT2D eigenvalue weighted by molar-refractivity contribution is -0.125. The van der Waals surface area contributed by atoms with Crippen LogP contribution in [0.2, 0.25) is 0 Å². The van der Waals surface area contributed by atoms with Gasteiger partial charge in [0.2, 0.25) is 5.91 Å². The number of hydrogen-bond acceptors (Lipinski definition) is 5. The third-order valence-corrected chi connectivity index (χ3v) is 4.01. The molecular formula is C16H29N3O4. The van der Waals surface area contributed by atoms with Gasteiger partial charge in [0.15, 0.2) is 0 Å². The maximum absolute atomic E-state index is 12.4. The van der Waals surface area contributed by atoms with E-state index in [2.05, 4.69) is 10.2 Å². The number of nitrogens with zero attached hydrogens (tertiary/aromatic N) is 2. The van der Waals surface area contributed by atoms with E-state index in [1.165, 1.54) is 0 Å². The number of rotatable bonds is 4. The highest BCUT2D eigenvalue weighted by Gasteiger charge is 2.36. The molecule has 2 aliphatic heterocycles. The summed E-state index contributed by atoms with van der Waals surface area (Å²) in [5.41, 5.74) is -0.545. The van der Waals surface area contributed by atoms with E-state index in [4.69, 9.17) is 9.47 Å². The van der Waals surface area contributed by atoms with E-state index in [9.17, 15) is 9.59 Å². The number of nitrogens with one attached hydrogen (secondary N) is 1. The van der Waals surface area contributed by atoms with Crippen molar-refractivity contribution in [1.82, 2.24) is 15.1 Å². The van der Waals surface area contributed by atoms with Crippen LogP contribution in [0.5, 0.6) is 0 Å². The van der Waals surface area contributed by atoms with Crippen LogP contribution >= 0.6 is 0 Å². The van der Waals surface area contributed by atoms with Crippen molar-refractivity contribution in [1.29, 1.82) is 0 Å². The topological polar surface area (TPSA) is 71.1 Å². The van der Waals surface area contributed by atoms with Gasteiger partial charge in [-0.05, 0) is 33.6 Å². The van der Waals surface area contributed by atoms with Crippen LogP contribution in [0.25, 0.3) is 0 Å². The van der Waals surface area contributed by atoms with Crippen molar-refractivity contribution in [2.45, 2.75) is 45.3 Å². The van der Waals surface area contributed by atoms with Crippen molar-refractivity contribution in [2.75, 3.05) is 45.9 Å². The predicted molar refractivity (Wildman–Crippen MR) is 86.2 cm³/mol. The summed E-state index contributed by atoms with van der Waals surface area (Å²) in [7, 11) is 0. The monoisotopic (exact) mass is 327 g/mol. The fourth-order valence-corrected chi connectivity index (χ4v) is 2.86. The molecule has 0 spiro atoms. The molecule has 0 aliphatic carbocycles. The Balaban J connectivity index is 1.77. The van der Waals surface area contributed by atoms with E-state index in [0.717, 1.165) is 39.3 Å². The molecule has 0 aromatic heterocycles. The lowest BCUT2D eigenvalue weighted by Crippen LogP contribution is -2.49. The molecule has 0 aromatic carbocycles. The predicted octanol–water partition coefficient (Wildman–Crippen LogP) is 0.834. The highest BCUT2D eigenvalue weighted by molar-refractivity contribution is 5.86. The molecule has 1 N–H and O–H groups in total. The lowest BCUT2D eigenvalue weighted by atomic mass is 10.2. The molecule has 2 saturated heterocycles. The van der Waals surface area contributed by atoms with Gasteiger partial charge in [0.05, 0.1) is 13.2 Å². The van der Waals surface area contributed by atoms with Crippen molar-refractivity contribution < 1.29 is 19.1 Å². The summed E-state index contributed by atoms with van der Waals surface area (Å²) in [5.74, 6) is -0.0818. The highest BCUT2D eigenvalue weighted by Crippen LogP contribution is 2.20. The Bertz CT molecular complexity index is 416. The molecule has 132 valence electrons. The summed E-state index contributed by atoms with van der Waals surface area (Å²) in [6.07, 6.45) is 1.13. The van der Waals surface area contributed by atoms with Gasteiger partial charge in [-0.3, -0.25) is 14.6 Å². The van der Waals surface area contributed by atoms with E-state index >= 15 is 0 Å². The number of likely N-dealkylation sites (tertiary alicyclic amines) is 1. The summed E-state index contributed by atoms with van der Waals surface area (Å²) >= 11 is 0. The van der Waals surface area contributed by atoms with Gasteiger partial charge in [-0.2, -0.15) is 0 Å². The van der Waals surface area contributed by atoms with E-state index in [1.54, 1.807) is 4.90 Å². The van der Waals surface area contributed by atoms with Crippen LogP contribution in [0, 0.1) is 0 Å². The molecule has 2 heterocycles. The molecule has 2 amide bonds. The zero-order chi connectivity index (χ0) is 16.9. The molecule has 7 nitrogen and oxygen atoms in total. The van der Waals surface area contributed by atoms with Crippen LogP contribution in [0.3, 0.4) is 0 Å². The van der Waals surface area contributed by atoms with Crippen LogP contribution in [-0.2, 0) is 14.3 Å². The largest absolute Gasteiger partial charge is 0.444 e. The molecule has 2 rings (SSSR count). The number of amides is 2. The second kappa shape index (κ2) is 7.97. The summed E-state index contributed by atoms with van der Waals surface area (Å²) in [6.45, 7) is 10.8. The van der Waals surface area contributed by atoms with Crippen LogP contribution in [-0.4, -0.2) is 79.4 Å². The lowest BCUT2D eigenvalue weighted by Gasteiger charge is -2.29. The first-order valence-electron chi connectivity index (χ1n) is 8.44. The average Bonchev–Trinajstić information content (AvgIpc) is 2.96. The van der Waals surface area contributed by atoms with Gasteiger partial charge in [-0.15, -0.1) is 0 Å². The SMILES string of the molecule is CC(C)(C)OC(=O)N1CCCC1C(=O)NCCN1CCOCC1. The molecule has 2 fully saturated rings. The minimum Gasteiger partial charge on any atom is -0.444 e. The number of carbonyl (C=O) groups is 2. The Labute approximate surface area is 138 Å². The van der Waals surface area contributed by atoms with Gasteiger partial charge in [0.25, 0.3) is 0 Å². The van der Waals surface area contributed by atoms with E-state index in [1.807, 2.05) is 20.8 Å². The molecule has 1 unspecified atom stereocenters. The number of morpholine rings is 1. The number of ether oxygens (including phenoxy) is 2. The van der Waals surface area contributed by atoms with Crippen LogP contribution < -0.4 is 5.32 Å². The van der Waals surface area contributed by atoms with Gasteiger partial charge < -0.3 is 14.8 Å². The minimum absolute atomic E-state index is 0.0818. The van der Waals surface area contributed by atoms with Crippen LogP contribution in [0.1, 0.15) is 33.6 Å². The van der Waals surface area contributed by atoms with Crippen LogP contribution in [0.15, 0.2) is 0 Å². The summed E-state index contributed by atoms with van der Waals surface area (Å²) in [5, 5.41) is 2.95. The molecule has 0 bridgehead atoms. The Morgan fingerprint density at radius 3 is 2.57 bits per heavy atom. The normalized spacial score (nSPS) is 22.9. The Morgan fingerprint density at radius 2 is 1.91 bits per heavy atom. The smallest absolute Gasteiger partial charge is 0.410 e. The van der Waals surface area contributed by atoms with Crippen LogP contribution in [0.4, 0.5) is 4.79 Å². The first kappa shape index (κ1) is 18.0. The van der Waals surface area contributed by atoms with Crippen molar-refractivity contribution in [3.63, 3.8) is 0 Å². The summed E-state index contributed by atoms with van der Waals surface area (Å²) in [4.78, 5) is 28.4. The molecule has 2 aliphatic rings. The third-order valence-electron chi connectivity index (χ3n) is 4.01. The van der Waals surface area contributed by atoms with E-state index < -0.39 is 17.7 Å². The molecule has 23 heavy (non-hydrogen) atoms. The Morgan fingerprint density at radius 1 is 1.22 bits per heavy atom. The first-order chi connectivity index (χ1) is 10.9. The average molecular weight is 327 g/mol. The van der Waals surface area contributed by atoms with Crippen molar-refractivity contribution in [3.05, 3.63) is 0 Å². The molecule has 7 heteroatoms. The first-order valence-corrected chi connectivity index (χ1v) is 8.44. The van der Waals surface area contributed by atoms with Gasteiger partial charge in [0, 0.05) is 32.7 Å². The summed E-state index contributed by atoms with van der Waals surface area (Å²) < 4.78 is 10.7. The van der Waals surface area contributed by atoms with Gasteiger partial charge in [-0.1, -0.05) is 0 Å². The zero-order valence-corrected chi connectivity index (χ0v) is 14.5. The molecular weight excluding hydrogens is 298 g/mol. The fourth-order valence-electron chi connectivity index (χ4n) is 2.86. The van der Waals surface area contributed by atoms with Gasteiger partial charge in [0.1, 0.15) is 11.6 Å².